The molecule has 5 nitrogen and oxygen atoms in total. The molecule has 1 aromatic heterocycles. The number of benzene rings is 1. The molecule has 0 saturated heterocycles. The zero-order chi connectivity index (χ0) is 12.9. The van der Waals surface area contributed by atoms with Crippen molar-refractivity contribution in [2.45, 2.75) is 19.1 Å². The van der Waals surface area contributed by atoms with Gasteiger partial charge < -0.3 is 14.8 Å². The number of hydrogen-bond donors (Lipinski definition) is 2. The van der Waals surface area contributed by atoms with Gasteiger partial charge in [0.2, 0.25) is 5.43 Å². The minimum absolute atomic E-state index is 0.226. The largest absolute Gasteiger partial charge is 0.477 e. The van der Waals surface area contributed by atoms with Gasteiger partial charge in [-0.2, -0.15) is 0 Å². The lowest BCUT2D eigenvalue weighted by Gasteiger charge is -2.24. The number of hydrogen-bond acceptors (Lipinski definition) is 3. The first-order valence-corrected chi connectivity index (χ1v) is 5.67. The van der Waals surface area contributed by atoms with Gasteiger partial charge in [-0.25, -0.2) is 4.79 Å². The maximum atomic E-state index is 12.0. The van der Waals surface area contributed by atoms with E-state index in [1.54, 1.807) is 22.8 Å². The van der Waals surface area contributed by atoms with Crippen LogP contribution < -0.4 is 5.43 Å². The molecule has 1 aromatic carbocycles. The summed E-state index contributed by atoms with van der Waals surface area (Å²) in [4.78, 5) is 23.1. The summed E-state index contributed by atoms with van der Waals surface area (Å²) in [5, 5.41) is 19.3. The predicted octanol–water partition coefficient (Wildman–Crippen LogP) is 1.14. The molecule has 0 bridgehead atoms. The average Bonchev–Trinajstić information content (AvgIpc) is 2.36. The molecule has 2 aromatic rings. The smallest absolute Gasteiger partial charge is 0.341 e. The molecule has 1 unspecified atom stereocenters. The van der Waals surface area contributed by atoms with Crippen LogP contribution in [-0.4, -0.2) is 20.7 Å². The number of carbonyl (C=O) groups is 1. The van der Waals surface area contributed by atoms with E-state index < -0.39 is 17.5 Å². The Balaban J connectivity index is 2.49. The summed E-state index contributed by atoms with van der Waals surface area (Å²) >= 11 is 0. The van der Waals surface area contributed by atoms with Crippen molar-refractivity contribution in [3.8, 4) is 0 Å². The first-order valence-electron chi connectivity index (χ1n) is 5.67. The second-order valence-electron chi connectivity index (χ2n) is 4.42. The molecule has 1 atom stereocenters. The number of carboxylic acid groups (broad SMARTS) is 1. The number of nitrogens with zero attached hydrogens (tertiary/aromatic N) is 1. The predicted molar refractivity (Wildman–Crippen MR) is 64.7 cm³/mol. The highest BCUT2D eigenvalue weighted by molar-refractivity contribution is 5.93. The number of aliphatic hydroxyl groups excluding tert-OH is 1. The SMILES string of the molecule is O=C(O)c1cn2c3c(cccc3c1=O)C(O)CC2. The molecule has 18 heavy (non-hydrogen) atoms. The van der Waals surface area contributed by atoms with E-state index in [-0.39, 0.29) is 5.56 Å². The van der Waals surface area contributed by atoms with Gasteiger partial charge in [0.25, 0.3) is 0 Å². The van der Waals surface area contributed by atoms with Gasteiger partial charge in [-0.15, -0.1) is 0 Å². The van der Waals surface area contributed by atoms with Crippen molar-refractivity contribution in [3.05, 3.63) is 45.7 Å². The first-order chi connectivity index (χ1) is 8.59. The van der Waals surface area contributed by atoms with Crippen LogP contribution in [-0.2, 0) is 6.54 Å². The van der Waals surface area contributed by atoms with Gasteiger partial charge in [0.1, 0.15) is 5.56 Å². The van der Waals surface area contributed by atoms with E-state index in [0.29, 0.717) is 29.4 Å². The fourth-order valence-electron chi connectivity index (χ4n) is 2.50. The maximum absolute atomic E-state index is 12.0. The van der Waals surface area contributed by atoms with Crippen LogP contribution >= 0.6 is 0 Å². The van der Waals surface area contributed by atoms with Gasteiger partial charge in [0.15, 0.2) is 0 Å². The van der Waals surface area contributed by atoms with Gasteiger partial charge in [-0.3, -0.25) is 4.79 Å². The Labute approximate surface area is 102 Å². The summed E-state index contributed by atoms with van der Waals surface area (Å²) in [6.45, 7) is 0.509. The lowest BCUT2D eigenvalue weighted by molar-refractivity contribution is 0.0694. The van der Waals surface area contributed by atoms with Gasteiger partial charge >= 0.3 is 5.97 Å². The molecule has 92 valence electrons. The van der Waals surface area contributed by atoms with Crippen molar-refractivity contribution in [2.24, 2.45) is 0 Å². The number of pyridine rings is 1. The topological polar surface area (TPSA) is 79.5 Å². The number of aryl methyl sites for hydroxylation is 1. The summed E-state index contributed by atoms with van der Waals surface area (Å²) in [6.07, 6.45) is 1.29. The van der Waals surface area contributed by atoms with Crippen LogP contribution in [0.15, 0.2) is 29.2 Å². The summed E-state index contributed by atoms with van der Waals surface area (Å²) in [5.41, 5.74) is 0.611. The van der Waals surface area contributed by atoms with Crippen LogP contribution in [0.2, 0.25) is 0 Å². The molecule has 1 aliphatic rings. The molecule has 1 aliphatic heterocycles. The molecule has 0 fully saturated rings. The Morgan fingerprint density at radius 2 is 2.17 bits per heavy atom. The second-order valence-corrected chi connectivity index (χ2v) is 4.42. The van der Waals surface area contributed by atoms with E-state index in [9.17, 15) is 14.7 Å². The minimum atomic E-state index is -1.22. The van der Waals surface area contributed by atoms with Crippen LogP contribution in [0.25, 0.3) is 10.9 Å². The van der Waals surface area contributed by atoms with Gasteiger partial charge in [0, 0.05) is 23.7 Å². The van der Waals surface area contributed by atoms with Crippen LogP contribution in [0.4, 0.5) is 0 Å². The Morgan fingerprint density at radius 3 is 2.89 bits per heavy atom. The summed E-state index contributed by atoms with van der Waals surface area (Å²) in [6, 6.07) is 5.04. The monoisotopic (exact) mass is 245 g/mol. The van der Waals surface area contributed by atoms with Crippen LogP contribution in [0.1, 0.15) is 28.4 Å². The van der Waals surface area contributed by atoms with E-state index in [0.717, 1.165) is 0 Å². The fourth-order valence-corrected chi connectivity index (χ4v) is 2.50. The molecular weight excluding hydrogens is 234 g/mol. The van der Waals surface area contributed by atoms with Gasteiger partial charge in [-0.1, -0.05) is 12.1 Å². The number of carboxylic acids is 1. The Kier molecular flexibility index (Phi) is 2.24. The number of aliphatic hydroxyl groups is 1. The van der Waals surface area contributed by atoms with E-state index >= 15 is 0 Å². The molecule has 0 amide bonds. The van der Waals surface area contributed by atoms with Gasteiger partial charge in [0.05, 0.1) is 11.6 Å². The first kappa shape index (κ1) is 11.0. The number of aromatic carboxylic acids is 1. The normalized spacial score (nSPS) is 17.9. The van der Waals surface area contributed by atoms with Crippen molar-refractivity contribution < 1.29 is 15.0 Å². The van der Waals surface area contributed by atoms with Crippen LogP contribution in [0.5, 0.6) is 0 Å². The van der Waals surface area contributed by atoms with E-state index in [1.165, 1.54) is 6.20 Å². The third-order valence-corrected chi connectivity index (χ3v) is 3.36. The number of rotatable bonds is 1. The van der Waals surface area contributed by atoms with Crippen LogP contribution in [0.3, 0.4) is 0 Å². The lowest BCUT2D eigenvalue weighted by Crippen LogP contribution is -2.23. The minimum Gasteiger partial charge on any atom is -0.477 e. The highest BCUT2D eigenvalue weighted by Crippen LogP contribution is 2.30. The zero-order valence-corrected chi connectivity index (χ0v) is 9.46. The Bertz CT molecular complexity index is 717. The van der Waals surface area contributed by atoms with E-state index in [4.69, 9.17) is 5.11 Å². The Hall–Kier alpha value is -2.14. The highest BCUT2D eigenvalue weighted by Gasteiger charge is 2.22. The van der Waals surface area contributed by atoms with Crippen molar-refractivity contribution in [1.82, 2.24) is 4.57 Å². The van der Waals surface area contributed by atoms with Crippen molar-refractivity contribution in [3.63, 3.8) is 0 Å². The number of aromatic nitrogens is 1. The highest BCUT2D eigenvalue weighted by atomic mass is 16.4. The summed E-state index contributed by atoms with van der Waals surface area (Å²) in [7, 11) is 0. The molecule has 5 heteroatoms. The van der Waals surface area contributed by atoms with Crippen molar-refractivity contribution >= 4 is 16.9 Å². The molecule has 0 spiro atoms. The van der Waals surface area contributed by atoms with Gasteiger partial charge in [-0.05, 0) is 12.5 Å². The quantitative estimate of drug-likeness (QED) is 0.789. The summed E-state index contributed by atoms with van der Waals surface area (Å²) in [5.74, 6) is -1.22. The Morgan fingerprint density at radius 1 is 1.39 bits per heavy atom. The molecule has 2 N–H and O–H groups in total. The number of para-hydroxylation sites is 1. The van der Waals surface area contributed by atoms with E-state index in [1.807, 2.05) is 0 Å². The molecule has 0 aliphatic carbocycles. The van der Waals surface area contributed by atoms with Crippen molar-refractivity contribution in [1.29, 1.82) is 0 Å². The standard InChI is InChI=1S/C13H11NO4/c15-10-4-5-14-6-9(13(17)18)12(16)8-3-1-2-7(10)11(8)14/h1-3,6,10,15H,4-5H2,(H,17,18). The van der Waals surface area contributed by atoms with Crippen molar-refractivity contribution in [2.75, 3.05) is 0 Å². The second kappa shape index (κ2) is 3.68. The third-order valence-electron chi connectivity index (χ3n) is 3.36. The maximum Gasteiger partial charge on any atom is 0.341 e. The molecule has 0 saturated carbocycles. The molecule has 0 radical (unpaired) electrons. The van der Waals surface area contributed by atoms with Crippen LogP contribution in [0, 0.1) is 0 Å². The molecule has 3 rings (SSSR count). The lowest BCUT2D eigenvalue weighted by atomic mass is 9.97. The van der Waals surface area contributed by atoms with E-state index in [2.05, 4.69) is 0 Å². The fraction of sp³-hybridized carbons (Fsp3) is 0.231. The average molecular weight is 245 g/mol. The third kappa shape index (κ3) is 1.37. The summed E-state index contributed by atoms with van der Waals surface area (Å²) < 4.78 is 1.74. The molecule has 2 heterocycles. The zero-order valence-electron chi connectivity index (χ0n) is 9.46. The molecular formula is C13H11NO4.